The summed E-state index contributed by atoms with van der Waals surface area (Å²) in [7, 11) is 6.15. The van der Waals surface area contributed by atoms with Crippen LogP contribution in [0.3, 0.4) is 0 Å². The molecule has 11 heteroatoms. The molecule has 226 valence electrons. The first-order valence-corrected chi connectivity index (χ1v) is 14.3. The number of fused-ring (bicyclic) bond motifs is 1. The molecule has 0 aliphatic heterocycles. The van der Waals surface area contributed by atoms with Crippen LogP contribution in [-0.4, -0.2) is 61.3 Å². The lowest BCUT2D eigenvalue weighted by atomic mass is 9.94. The Balaban J connectivity index is 1.65. The smallest absolute Gasteiger partial charge is 0.249 e. The summed E-state index contributed by atoms with van der Waals surface area (Å²) in [4.78, 5) is 30.3. The fourth-order valence-corrected chi connectivity index (χ4v) is 5.57. The molecule has 1 aliphatic rings. The number of ether oxygens (including phenoxy) is 4. The highest BCUT2D eigenvalue weighted by molar-refractivity contribution is 6.02. The summed E-state index contributed by atoms with van der Waals surface area (Å²) >= 11 is 0. The minimum Gasteiger partial charge on any atom is -0.497 e. The molecular formula is C32H37N5O6. The summed E-state index contributed by atoms with van der Waals surface area (Å²) in [6.07, 6.45) is 5.00. The summed E-state index contributed by atoms with van der Waals surface area (Å²) in [6, 6.07) is 16.7. The minimum absolute atomic E-state index is 0.0138. The molecule has 2 amide bonds. The predicted molar refractivity (Wildman–Crippen MR) is 162 cm³/mol. The number of nitrogens with one attached hydrogen (secondary N) is 1. The molecule has 0 unspecified atom stereocenters. The summed E-state index contributed by atoms with van der Waals surface area (Å²) in [5, 5.41) is 11.7. The Morgan fingerprint density at radius 2 is 1.58 bits per heavy atom. The number of nitrogens with zero attached hydrogens (tertiary/aromatic N) is 4. The van der Waals surface area contributed by atoms with Crippen LogP contribution >= 0.6 is 0 Å². The summed E-state index contributed by atoms with van der Waals surface area (Å²) in [5.74, 6) is 1.19. The molecule has 1 atom stereocenters. The highest BCUT2D eigenvalue weighted by atomic mass is 16.5. The van der Waals surface area contributed by atoms with Crippen molar-refractivity contribution in [2.45, 2.75) is 50.7 Å². The van der Waals surface area contributed by atoms with Gasteiger partial charge in [0.1, 0.15) is 29.6 Å². The van der Waals surface area contributed by atoms with Gasteiger partial charge in [0.2, 0.25) is 11.8 Å². The second-order valence-electron chi connectivity index (χ2n) is 10.4. The quantitative estimate of drug-likeness (QED) is 0.269. The fourth-order valence-electron chi connectivity index (χ4n) is 5.57. The van der Waals surface area contributed by atoms with Gasteiger partial charge in [-0.2, -0.15) is 0 Å². The maximum absolute atomic E-state index is 14.5. The summed E-state index contributed by atoms with van der Waals surface area (Å²) < 4.78 is 23.7. The van der Waals surface area contributed by atoms with Crippen LogP contribution in [0.15, 0.2) is 60.7 Å². The van der Waals surface area contributed by atoms with Crippen LogP contribution in [0.1, 0.15) is 43.7 Å². The first-order valence-electron chi connectivity index (χ1n) is 14.3. The van der Waals surface area contributed by atoms with E-state index < -0.39 is 6.04 Å². The number of amides is 2. The van der Waals surface area contributed by atoms with Crippen molar-refractivity contribution >= 4 is 28.5 Å². The Labute approximate surface area is 250 Å². The third kappa shape index (κ3) is 6.50. The van der Waals surface area contributed by atoms with Crippen LogP contribution < -0.4 is 29.2 Å². The maximum Gasteiger partial charge on any atom is 0.249 e. The van der Waals surface area contributed by atoms with E-state index in [4.69, 9.17) is 18.9 Å². The zero-order valence-corrected chi connectivity index (χ0v) is 24.9. The van der Waals surface area contributed by atoms with Gasteiger partial charge in [0.25, 0.3) is 0 Å². The molecule has 1 saturated carbocycles. The molecule has 0 saturated heterocycles. The van der Waals surface area contributed by atoms with Gasteiger partial charge in [0, 0.05) is 24.2 Å². The molecular weight excluding hydrogens is 550 g/mol. The van der Waals surface area contributed by atoms with Crippen LogP contribution in [0.5, 0.6) is 23.0 Å². The lowest BCUT2D eigenvalue weighted by Crippen LogP contribution is -2.48. The number of rotatable bonds is 11. The molecule has 1 heterocycles. The van der Waals surface area contributed by atoms with Gasteiger partial charge in [-0.3, -0.25) is 14.5 Å². The Hall–Kier alpha value is -4.80. The number of hydrogen-bond acceptors (Lipinski definition) is 8. The number of anilines is 1. The van der Waals surface area contributed by atoms with E-state index in [0.29, 0.717) is 45.3 Å². The SMILES string of the molecule is COc1cc(OC)cc(N(C(=O)Cn2nnc3ccccc32)[C@@H](C(=O)NC2CCCCC2)c2ccc(OC)c(OC)c2)c1. The second-order valence-corrected chi connectivity index (χ2v) is 10.4. The van der Waals surface area contributed by atoms with Gasteiger partial charge < -0.3 is 24.3 Å². The van der Waals surface area contributed by atoms with E-state index in [2.05, 4.69) is 15.6 Å². The van der Waals surface area contributed by atoms with E-state index in [0.717, 1.165) is 32.1 Å². The van der Waals surface area contributed by atoms with Crippen molar-refractivity contribution in [3.8, 4) is 23.0 Å². The Morgan fingerprint density at radius 3 is 2.26 bits per heavy atom. The number of para-hydroxylation sites is 1. The molecule has 5 rings (SSSR count). The number of benzene rings is 3. The second kappa shape index (κ2) is 13.5. The molecule has 4 aromatic rings. The van der Waals surface area contributed by atoms with Gasteiger partial charge in [-0.05, 0) is 42.7 Å². The third-order valence-electron chi connectivity index (χ3n) is 7.77. The Morgan fingerprint density at radius 1 is 0.884 bits per heavy atom. The molecule has 1 aromatic heterocycles. The van der Waals surface area contributed by atoms with Gasteiger partial charge in [0.05, 0.1) is 39.6 Å². The average Bonchev–Trinajstić information content (AvgIpc) is 3.45. The summed E-state index contributed by atoms with van der Waals surface area (Å²) in [5.41, 5.74) is 2.33. The molecule has 0 spiro atoms. The fraction of sp³-hybridized carbons (Fsp3) is 0.375. The number of methoxy groups -OCH3 is 4. The minimum atomic E-state index is -1.07. The van der Waals surface area contributed by atoms with Crippen molar-refractivity contribution in [3.63, 3.8) is 0 Å². The standard InChI is InChI=1S/C32H37N5O6/c1-40-24-17-23(18-25(19-24)41-2)37(30(38)20-36-27-13-9-8-12-26(27)34-35-36)31(32(39)33-22-10-6-5-7-11-22)21-14-15-28(42-3)29(16-21)43-4/h8-9,12-19,22,31H,5-7,10-11,20H2,1-4H3,(H,33,39)/t31-/m1/s1. The summed E-state index contributed by atoms with van der Waals surface area (Å²) in [6.45, 7) is -0.166. The number of aromatic nitrogens is 3. The highest BCUT2D eigenvalue weighted by Gasteiger charge is 2.35. The molecule has 1 N–H and O–H groups in total. The average molecular weight is 588 g/mol. The molecule has 43 heavy (non-hydrogen) atoms. The van der Waals surface area contributed by atoms with E-state index in [9.17, 15) is 9.59 Å². The van der Waals surface area contributed by atoms with Gasteiger partial charge in [-0.15, -0.1) is 5.10 Å². The van der Waals surface area contributed by atoms with E-state index in [-0.39, 0.29) is 24.4 Å². The number of carbonyl (C=O) groups is 2. The monoisotopic (exact) mass is 587 g/mol. The highest BCUT2D eigenvalue weighted by Crippen LogP contribution is 2.37. The van der Waals surface area contributed by atoms with Crippen molar-refractivity contribution in [1.29, 1.82) is 0 Å². The predicted octanol–water partition coefficient (Wildman–Crippen LogP) is 4.69. The first-order chi connectivity index (χ1) is 20.9. The van der Waals surface area contributed by atoms with Gasteiger partial charge in [0.15, 0.2) is 11.5 Å². The largest absolute Gasteiger partial charge is 0.497 e. The molecule has 0 bridgehead atoms. The molecule has 11 nitrogen and oxygen atoms in total. The van der Waals surface area contributed by atoms with Crippen LogP contribution in [0.4, 0.5) is 5.69 Å². The topological polar surface area (TPSA) is 117 Å². The van der Waals surface area contributed by atoms with Crippen molar-refractivity contribution in [3.05, 3.63) is 66.2 Å². The van der Waals surface area contributed by atoms with Crippen molar-refractivity contribution in [1.82, 2.24) is 20.3 Å². The zero-order chi connectivity index (χ0) is 30.3. The van der Waals surface area contributed by atoms with Crippen LogP contribution in [0, 0.1) is 0 Å². The lowest BCUT2D eigenvalue weighted by molar-refractivity contribution is -0.127. The van der Waals surface area contributed by atoms with Gasteiger partial charge in [-0.1, -0.05) is 42.7 Å². The van der Waals surface area contributed by atoms with E-state index >= 15 is 0 Å². The van der Waals surface area contributed by atoms with Crippen molar-refractivity contribution in [2.24, 2.45) is 0 Å². The van der Waals surface area contributed by atoms with E-state index in [1.807, 2.05) is 24.3 Å². The number of hydrogen-bond donors (Lipinski definition) is 1. The Kier molecular flexibility index (Phi) is 9.29. The van der Waals surface area contributed by atoms with Crippen LogP contribution in [-0.2, 0) is 16.1 Å². The van der Waals surface area contributed by atoms with Crippen molar-refractivity contribution in [2.75, 3.05) is 33.3 Å². The normalized spacial score (nSPS) is 14.1. The molecule has 0 radical (unpaired) electrons. The third-order valence-corrected chi connectivity index (χ3v) is 7.77. The van der Waals surface area contributed by atoms with Gasteiger partial charge in [-0.25, -0.2) is 4.68 Å². The lowest BCUT2D eigenvalue weighted by Gasteiger charge is -2.34. The van der Waals surface area contributed by atoms with E-state index in [1.165, 1.54) is 30.9 Å². The Bertz CT molecular complexity index is 1560. The van der Waals surface area contributed by atoms with E-state index in [1.54, 1.807) is 43.5 Å². The van der Waals surface area contributed by atoms with Crippen LogP contribution in [0.2, 0.25) is 0 Å². The molecule has 1 fully saturated rings. The zero-order valence-electron chi connectivity index (χ0n) is 24.9. The van der Waals surface area contributed by atoms with Crippen molar-refractivity contribution < 1.29 is 28.5 Å². The molecule has 3 aromatic carbocycles. The molecule has 1 aliphatic carbocycles. The van der Waals surface area contributed by atoms with Crippen LogP contribution in [0.25, 0.3) is 11.0 Å². The first kappa shape index (κ1) is 29.7. The van der Waals surface area contributed by atoms with Gasteiger partial charge >= 0.3 is 0 Å². The maximum atomic E-state index is 14.5. The number of carbonyl (C=O) groups excluding carboxylic acids is 2.